The molecule has 1 saturated heterocycles. The summed E-state index contributed by atoms with van der Waals surface area (Å²) in [6.07, 6.45) is 3.78. The van der Waals surface area contributed by atoms with Crippen molar-refractivity contribution in [2.45, 2.75) is 18.9 Å². The zero-order chi connectivity index (χ0) is 15.5. The number of nitrogens with one attached hydrogen (secondary N) is 1. The van der Waals surface area contributed by atoms with Crippen LogP contribution < -0.4 is 27.1 Å². The summed E-state index contributed by atoms with van der Waals surface area (Å²) in [6, 6.07) is 8.45. The van der Waals surface area contributed by atoms with Gasteiger partial charge in [0.1, 0.15) is 11.9 Å². The summed E-state index contributed by atoms with van der Waals surface area (Å²) in [5, 5.41) is 3.28. The Bertz CT molecular complexity index is 720. The monoisotopic (exact) mass is 300 g/mol. The largest absolute Gasteiger partial charge is 0.490 e. The van der Waals surface area contributed by atoms with Crippen molar-refractivity contribution in [2.75, 3.05) is 24.6 Å². The lowest BCUT2D eigenvalue weighted by Crippen LogP contribution is -2.34. The zero-order valence-corrected chi connectivity index (χ0v) is 12.3. The molecule has 5 N–H and O–H groups in total. The molecular weight excluding hydrogens is 280 g/mol. The molecule has 6 heteroatoms. The lowest BCUT2D eigenvalue weighted by molar-refractivity contribution is 0.162. The maximum absolute atomic E-state index is 12.3. The number of pyridine rings is 1. The number of nitrogen functional groups attached to an aromatic ring is 2. The van der Waals surface area contributed by atoms with Crippen LogP contribution in [0.25, 0.3) is 5.69 Å². The van der Waals surface area contributed by atoms with Crippen LogP contribution in [0.4, 0.5) is 11.4 Å². The molecule has 0 unspecified atom stereocenters. The van der Waals surface area contributed by atoms with Crippen LogP contribution in [0, 0.1) is 0 Å². The van der Waals surface area contributed by atoms with Gasteiger partial charge in [0.2, 0.25) is 0 Å². The highest BCUT2D eigenvalue weighted by atomic mass is 16.5. The predicted octanol–water partition coefficient (Wildman–Crippen LogP) is 1.13. The van der Waals surface area contributed by atoms with Gasteiger partial charge < -0.3 is 21.5 Å². The summed E-state index contributed by atoms with van der Waals surface area (Å²) in [4.78, 5) is 12.3. The number of ether oxygens (including phenoxy) is 1. The Labute approximate surface area is 128 Å². The Balaban J connectivity index is 1.82. The maximum atomic E-state index is 12.3. The summed E-state index contributed by atoms with van der Waals surface area (Å²) in [5.74, 6) is 0.608. The van der Waals surface area contributed by atoms with Gasteiger partial charge in [0, 0.05) is 12.3 Å². The molecule has 1 aromatic heterocycles. The van der Waals surface area contributed by atoms with E-state index >= 15 is 0 Å². The first kappa shape index (κ1) is 14.5. The van der Waals surface area contributed by atoms with Crippen molar-refractivity contribution >= 4 is 11.4 Å². The minimum Gasteiger partial charge on any atom is -0.490 e. The third-order valence-electron chi connectivity index (χ3n) is 3.83. The topological polar surface area (TPSA) is 95.3 Å². The molecule has 116 valence electrons. The first-order valence-electron chi connectivity index (χ1n) is 7.39. The smallest absolute Gasteiger partial charge is 0.258 e. The van der Waals surface area contributed by atoms with Crippen molar-refractivity contribution < 1.29 is 4.74 Å². The van der Waals surface area contributed by atoms with Gasteiger partial charge in [-0.1, -0.05) is 0 Å². The summed E-state index contributed by atoms with van der Waals surface area (Å²) in [5.41, 5.74) is 13.0. The van der Waals surface area contributed by atoms with Crippen molar-refractivity contribution in [3.63, 3.8) is 0 Å². The molecule has 2 heterocycles. The number of hydrogen-bond acceptors (Lipinski definition) is 5. The summed E-state index contributed by atoms with van der Waals surface area (Å²) in [6.45, 7) is 1.90. The van der Waals surface area contributed by atoms with Crippen LogP contribution in [-0.4, -0.2) is 23.8 Å². The first-order chi connectivity index (χ1) is 10.6. The van der Waals surface area contributed by atoms with E-state index in [1.165, 1.54) is 10.6 Å². The standard InChI is InChI=1S/C16H20N4O2/c17-14-2-1-11(9-15(14)18)20-8-5-13(10-16(20)21)22-12-3-6-19-7-4-12/h1-2,5,8-10,12,19H,3-4,6-7,17-18H2. The van der Waals surface area contributed by atoms with Crippen molar-refractivity contribution in [3.05, 3.63) is 46.9 Å². The van der Waals surface area contributed by atoms with E-state index in [1.807, 2.05) is 0 Å². The average Bonchev–Trinajstić information content (AvgIpc) is 2.51. The molecule has 6 nitrogen and oxygen atoms in total. The number of rotatable bonds is 3. The molecule has 1 aromatic carbocycles. The second kappa shape index (κ2) is 6.11. The third kappa shape index (κ3) is 3.07. The van der Waals surface area contributed by atoms with Crippen LogP contribution in [0.2, 0.25) is 0 Å². The zero-order valence-electron chi connectivity index (χ0n) is 12.3. The van der Waals surface area contributed by atoms with E-state index in [0.717, 1.165) is 25.9 Å². The molecule has 22 heavy (non-hydrogen) atoms. The van der Waals surface area contributed by atoms with Crippen LogP contribution in [0.1, 0.15) is 12.8 Å². The van der Waals surface area contributed by atoms with Gasteiger partial charge >= 0.3 is 0 Å². The van der Waals surface area contributed by atoms with E-state index in [2.05, 4.69) is 5.32 Å². The highest BCUT2D eigenvalue weighted by Gasteiger charge is 2.15. The Kier molecular flexibility index (Phi) is 4.02. The Morgan fingerprint density at radius 3 is 2.55 bits per heavy atom. The fourth-order valence-corrected chi connectivity index (χ4v) is 2.57. The van der Waals surface area contributed by atoms with Gasteiger partial charge in [-0.05, 0) is 50.2 Å². The molecule has 0 aliphatic carbocycles. The van der Waals surface area contributed by atoms with E-state index in [-0.39, 0.29) is 11.7 Å². The van der Waals surface area contributed by atoms with Crippen LogP contribution in [0.15, 0.2) is 41.3 Å². The molecule has 0 atom stereocenters. The fourth-order valence-electron chi connectivity index (χ4n) is 2.57. The van der Waals surface area contributed by atoms with Crippen LogP contribution >= 0.6 is 0 Å². The quantitative estimate of drug-likeness (QED) is 0.739. The normalized spacial score (nSPS) is 15.6. The van der Waals surface area contributed by atoms with Gasteiger partial charge in [0.05, 0.1) is 17.1 Å². The van der Waals surface area contributed by atoms with Gasteiger partial charge in [-0.2, -0.15) is 0 Å². The van der Waals surface area contributed by atoms with Crippen LogP contribution in [0.5, 0.6) is 5.75 Å². The summed E-state index contributed by atoms with van der Waals surface area (Å²) >= 11 is 0. The average molecular weight is 300 g/mol. The molecule has 0 amide bonds. The molecule has 0 saturated carbocycles. The van der Waals surface area contributed by atoms with Gasteiger partial charge in [-0.25, -0.2) is 0 Å². The molecular formula is C16H20N4O2. The fraction of sp³-hybridized carbons (Fsp3) is 0.312. The molecule has 3 rings (SSSR count). The molecule has 1 aliphatic heterocycles. The van der Waals surface area contributed by atoms with Crippen molar-refractivity contribution in [3.8, 4) is 11.4 Å². The van der Waals surface area contributed by atoms with Crippen LogP contribution in [-0.2, 0) is 0 Å². The SMILES string of the molecule is Nc1ccc(-n2ccc(OC3CCNCC3)cc2=O)cc1N. The summed E-state index contributed by atoms with van der Waals surface area (Å²) in [7, 11) is 0. The number of piperidine rings is 1. The molecule has 1 aliphatic rings. The molecule has 0 spiro atoms. The van der Waals surface area contributed by atoms with Crippen LogP contribution in [0.3, 0.4) is 0 Å². The molecule has 2 aromatic rings. The second-order valence-corrected chi connectivity index (χ2v) is 5.45. The number of aromatic nitrogens is 1. The van der Waals surface area contributed by atoms with Gasteiger partial charge in [0.15, 0.2) is 0 Å². The highest BCUT2D eigenvalue weighted by Crippen LogP contribution is 2.19. The molecule has 0 radical (unpaired) electrons. The first-order valence-corrected chi connectivity index (χ1v) is 7.39. The van der Waals surface area contributed by atoms with E-state index in [0.29, 0.717) is 22.8 Å². The van der Waals surface area contributed by atoms with E-state index in [9.17, 15) is 4.79 Å². The highest BCUT2D eigenvalue weighted by molar-refractivity contribution is 5.66. The van der Waals surface area contributed by atoms with E-state index in [1.54, 1.807) is 30.5 Å². The lowest BCUT2D eigenvalue weighted by atomic mass is 10.1. The molecule has 0 bridgehead atoms. The minimum absolute atomic E-state index is 0.157. The number of hydrogen-bond donors (Lipinski definition) is 3. The minimum atomic E-state index is -0.157. The number of benzene rings is 1. The van der Waals surface area contributed by atoms with Crippen molar-refractivity contribution in [1.82, 2.24) is 9.88 Å². The van der Waals surface area contributed by atoms with Gasteiger partial charge in [-0.15, -0.1) is 0 Å². The predicted molar refractivity (Wildman–Crippen MR) is 87.4 cm³/mol. The summed E-state index contributed by atoms with van der Waals surface area (Å²) < 4.78 is 7.39. The number of anilines is 2. The van der Waals surface area contributed by atoms with Gasteiger partial charge in [-0.3, -0.25) is 9.36 Å². The lowest BCUT2D eigenvalue weighted by Gasteiger charge is -2.23. The Morgan fingerprint density at radius 2 is 1.86 bits per heavy atom. The maximum Gasteiger partial charge on any atom is 0.258 e. The number of nitrogens with zero attached hydrogens (tertiary/aromatic N) is 1. The Morgan fingerprint density at radius 1 is 1.09 bits per heavy atom. The van der Waals surface area contributed by atoms with Crippen molar-refractivity contribution in [1.29, 1.82) is 0 Å². The van der Waals surface area contributed by atoms with Crippen molar-refractivity contribution in [2.24, 2.45) is 0 Å². The Hall–Kier alpha value is -2.47. The molecule has 1 fully saturated rings. The van der Waals surface area contributed by atoms with Gasteiger partial charge in [0.25, 0.3) is 5.56 Å². The van der Waals surface area contributed by atoms with E-state index < -0.39 is 0 Å². The number of nitrogens with two attached hydrogens (primary N) is 2. The third-order valence-corrected chi connectivity index (χ3v) is 3.83. The second-order valence-electron chi connectivity index (χ2n) is 5.45. The van der Waals surface area contributed by atoms with E-state index in [4.69, 9.17) is 16.2 Å².